The monoisotopic (exact) mass is 196 g/mol. The molecule has 1 N–H and O–H groups in total. The van der Waals surface area contributed by atoms with E-state index in [4.69, 9.17) is 14.5 Å². The SMILES string of the molecule is COC1OOC(O)Cc2ccccc21. The topological polar surface area (TPSA) is 47.9 Å². The minimum Gasteiger partial charge on any atom is -0.365 e. The van der Waals surface area contributed by atoms with E-state index in [1.165, 1.54) is 7.11 Å². The molecule has 1 aromatic carbocycles. The maximum Gasteiger partial charge on any atom is 0.217 e. The number of benzene rings is 1. The van der Waals surface area contributed by atoms with E-state index in [1.807, 2.05) is 24.3 Å². The highest BCUT2D eigenvalue weighted by Crippen LogP contribution is 2.27. The maximum atomic E-state index is 9.35. The average molecular weight is 196 g/mol. The van der Waals surface area contributed by atoms with Crippen LogP contribution in [0.15, 0.2) is 24.3 Å². The van der Waals surface area contributed by atoms with Crippen LogP contribution in [-0.4, -0.2) is 18.5 Å². The van der Waals surface area contributed by atoms with E-state index in [0.717, 1.165) is 11.1 Å². The molecule has 0 spiro atoms. The highest BCUT2D eigenvalue weighted by atomic mass is 17.2. The van der Waals surface area contributed by atoms with Crippen LogP contribution in [0.3, 0.4) is 0 Å². The summed E-state index contributed by atoms with van der Waals surface area (Å²) >= 11 is 0. The smallest absolute Gasteiger partial charge is 0.217 e. The molecule has 1 heterocycles. The van der Waals surface area contributed by atoms with Crippen LogP contribution in [0.2, 0.25) is 0 Å². The van der Waals surface area contributed by atoms with Crippen molar-refractivity contribution in [3.05, 3.63) is 35.4 Å². The summed E-state index contributed by atoms with van der Waals surface area (Å²) in [6.45, 7) is 0. The molecular formula is C10H12O4. The van der Waals surface area contributed by atoms with Crippen LogP contribution < -0.4 is 0 Å². The van der Waals surface area contributed by atoms with Gasteiger partial charge in [-0.2, -0.15) is 4.89 Å². The van der Waals surface area contributed by atoms with Crippen LogP contribution in [0.4, 0.5) is 0 Å². The number of methoxy groups -OCH3 is 1. The zero-order valence-electron chi connectivity index (χ0n) is 7.84. The lowest BCUT2D eigenvalue weighted by atomic mass is 10.0. The Morgan fingerprint density at radius 3 is 2.93 bits per heavy atom. The van der Waals surface area contributed by atoms with Gasteiger partial charge in [0, 0.05) is 19.1 Å². The molecule has 4 heteroatoms. The zero-order valence-corrected chi connectivity index (χ0v) is 7.84. The summed E-state index contributed by atoms with van der Waals surface area (Å²) in [7, 11) is 1.53. The highest BCUT2D eigenvalue weighted by molar-refractivity contribution is 5.28. The molecular weight excluding hydrogens is 184 g/mol. The first-order chi connectivity index (χ1) is 6.81. The van der Waals surface area contributed by atoms with Gasteiger partial charge in [-0.25, -0.2) is 4.89 Å². The minimum atomic E-state index is -0.934. The van der Waals surface area contributed by atoms with Gasteiger partial charge in [0.25, 0.3) is 0 Å². The van der Waals surface area contributed by atoms with Crippen molar-refractivity contribution >= 4 is 0 Å². The Morgan fingerprint density at radius 1 is 1.36 bits per heavy atom. The van der Waals surface area contributed by atoms with E-state index in [0.29, 0.717) is 6.42 Å². The number of hydrogen-bond acceptors (Lipinski definition) is 4. The summed E-state index contributed by atoms with van der Waals surface area (Å²) in [5.74, 6) is 0. The second kappa shape index (κ2) is 4.06. The van der Waals surface area contributed by atoms with E-state index in [2.05, 4.69) is 0 Å². The summed E-state index contributed by atoms with van der Waals surface area (Å²) in [5, 5.41) is 9.35. The molecule has 0 amide bonds. The molecule has 0 aromatic heterocycles. The molecule has 1 aromatic rings. The van der Waals surface area contributed by atoms with Gasteiger partial charge < -0.3 is 9.84 Å². The lowest BCUT2D eigenvalue weighted by molar-refractivity contribution is -0.425. The Kier molecular flexibility index (Phi) is 2.79. The second-order valence-corrected chi connectivity index (χ2v) is 3.12. The first kappa shape index (κ1) is 9.61. The van der Waals surface area contributed by atoms with Gasteiger partial charge >= 0.3 is 0 Å². The van der Waals surface area contributed by atoms with Crippen molar-refractivity contribution in [3.8, 4) is 0 Å². The summed E-state index contributed by atoms with van der Waals surface area (Å²) in [5.41, 5.74) is 1.87. The van der Waals surface area contributed by atoms with Gasteiger partial charge in [-0.05, 0) is 5.56 Å². The molecule has 0 aliphatic carbocycles. The third-order valence-corrected chi connectivity index (χ3v) is 2.17. The molecule has 1 aliphatic heterocycles. The summed E-state index contributed by atoms with van der Waals surface area (Å²) in [4.78, 5) is 9.64. The average Bonchev–Trinajstić information content (AvgIpc) is 2.36. The fourth-order valence-corrected chi connectivity index (χ4v) is 1.50. The quantitative estimate of drug-likeness (QED) is 0.684. The van der Waals surface area contributed by atoms with Crippen molar-refractivity contribution in [2.45, 2.75) is 19.0 Å². The number of aliphatic hydroxyl groups is 1. The van der Waals surface area contributed by atoms with Gasteiger partial charge in [0.1, 0.15) is 0 Å². The van der Waals surface area contributed by atoms with Crippen LogP contribution in [0, 0.1) is 0 Å². The van der Waals surface area contributed by atoms with Crippen LogP contribution in [0.5, 0.6) is 0 Å². The predicted molar refractivity (Wildman–Crippen MR) is 48.1 cm³/mol. The lowest BCUT2D eigenvalue weighted by Gasteiger charge is -2.13. The molecule has 0 saturated heterocycles. The van der Waals surface area contributed by atoms with Crippen molar-refractivity contribution in [2.24, 2.45) is 0 Å². The molecule has 2 atom stereocenters. The molecule has 0 bridgehead atoms. The van der Waals surface area contributed by atoms with Crippen LogP contribution in [0.1, 0.15) is 17.4 Å². The van der Waals surface area contributed by atoms with Crippen LogP contribution >= 0.6 is 0 Å². The van der Waals surface area contributed by atoms with Crippen LogP contribution in [0.25, 0.3) is 0 Å². The fraction of sp³-hybridized carbons (Fsp3) is 0.400. The number of ether oxygens (including phenoxy) is 1. The Balaban J connectivity index is 2.36. The lowest BCUT2D eigenvalue weighted by Crippen LogP contribution is -2.13. The Bertz CT molecular complexity index is 313. The Morgan fingerprint density at radius 2 is 2.14 bits per heavy atom. The van der Waals surface area contributed by atoms with Gasteiger partial charge in [-0.1, -0.05) is 24.3 Å². The van der Waals surface area contributed by atoms with Crippen molar-refractivity contribution in [3.63, 3.8) is 0 Å². The fourth-order valence-electron chi connectivity index (χ4n) is 1.50. The third-order valence-electron chi connectivity index (χ3n) is 2.17. The molecule has 0 saturated carbocycles. The maximum absolute atomic E-state index is 9.35. The summed E-state index contributed by atoms with van der Waals surface area (Å²) in [6, 6.07) is 7.61. The molecule has 2 unspecified atom stereocenters. The third kappa shape index (κ3) is 1.78. The summed E-state index contributed by atoms with van der Waals surface area (Å²) in [6.07, 6.45) is -1.09. The van der Waals surface area contributed by atoms with Gasteiger partial charge in [0.05, 0.1) is 0 Å². The molecule has 2 rings (SSSR count). The predicted octanol–water partition coefficient (Wildman–Crippen LogP) is 1.15. The normalized spacial score (nSPS) is 26.7. The number of fused-ring (bicyclic) bond motifs is 1. The van der Waals surface area contributed by atoms with Gasteiger partial charge in [-0.3, -0.25) is 0 Å². The van der Waals surface area contributed by atoms with Gasteiger partial charge in [0.2, 0.25) is 6.29 Å². The van der Waals surface area contributed by atoms with Crippen molar-refractivity contribution in [1.29, 1.82) is 0 Å². The standard InChI is InChI=1S/C10H12O4/c1-12-10-8-5-3-2-4-7(8)6-9(11)13-14-10/h2-5,9-11H,6H2,1H3. The summed E-state index contributed by atoms with van der Waals surface area (Å²) < 4.78 is 5.09. The number of aliphatic hydroxyl groups excluding tert-OH is 1. The van der Waals surface area contributed by atoms with Gasteiger partial charge in [-0.15, -0.1) is 0 Å². The molecule has 0 radical (unpaired) electrons. The van der Waals surface area contributed by atoms with E-state index in [-0.39, 0.29) is 0 Å². The highest BCUT2D eigenvalue weighted by Gasteiger charge is 2.23. The second-order valence-electron chi connectivity index (χ2n) is 3.12. The number of hydrogen-bond donors (Lipinski definition) is 1. The van der Waals surface area contributed by atoms with E-state index in [1.54, 1.807) is 0 Å². The largest absolute Gasteiger partial charge is 0.365 e. The van der Waals surface area contributed by atoms with Gasteiger partial charge in [0.15, 0.2) is 6.29 Å². The zero-order chi connectivity index (χ0) is 9.97. The molecule has 1 aliphatic rings. The molecule has 14 heavy (non-hydrogen) atoms. The number of rotatable bonds is 1. The molecule has 76 valence electrons. The van der Waals surface area contributed by atoms with E-state index in [9.17, 15) is 5.11 Å². The minimum absolute atomic E-state index is 0.413. The first-order valence-corrected chi connectivity index (χ1v) is 4.42. The van der Waals surface area contributed by atoms with Crippen molar-refractivity contribution < 1.29 is 19.6 Å². The van der Waals surface area contributed by atoms with Crippen LogP contribution in [-0.2, 0) is 20.9 Å². The molecule has 4 nitrogen and oxygen atoms in total. The molecule has 0 fully saturated rings. The Hall–Kier alpha value is -0.940. The van der Waals surface area contributed by atoms with E-state index < -0.39 is 12.6 Å². The van der Waals surface area contributed by atoms with Crippen molar-refractivity contribution in [1.82, 2.24) is 0 Å². The van der Waals surface area contributed by atoms with E-state index >= 15 is 0 Å². The van der Waals surface area contributed by atoms with Crippen molar-refractivity contribution in [2.75, 3.05) is 7.11 Å². The Labute approximate surface area is 81.9 Å². The first-order valence-electron chi connectivity index (χ1n) is 4.42.